The van der Waals surface area contributed by atoms with Crippen molar-refractivity contribution in [3.8, 4) is 0 Å². The maximum atomic E-state index is 12.2. The van der Waals surface area contributed by atoms with Crippen LogP contribution in [0.1, 0.15) is 0 Å². The molecule has 64 valence electrons. The number of hydrogen-bond donors (Lipinski definition) is 1. The van der Waals surface area contributed by atoms with Crippen LogP contribution in [0.25, 0.3) is 0 Å². The number of halogens is 2. The molecule has 4 heteroatoms. The summed E-state index contributed by atoms with van der Waals surface area (Å²) in [6.07, 6.45) is 0.493. The summed E-state index contributed by atoms with van der Waals surface area (Å²) in [5.74, 6) is -0.853. The number of alkyl halides is 2. The average Bonchev–Trinajstić information content (AvgIpc) is 2.40. The normalized spacial score (nSPS) is 26.4. The van der Waals surface area contributed by atoms with E-state index in [2.05, 4.69) is 0 Å². The van der Waals surface area contributed by atoms with E-state index in [0.29, 0.717) is 6.61 Å². The van der Waals surface area contributed by atoms with E-state index in [1.165, 1.54) is 0 Å². The van der Waals surface area contributed by atoms with Gasteiger partial charge in [-0.1, -0.05) is 12.2 Å². The Bertz CT molecular complexity index is 149. The summed E-state index contributed by atoms with van der Waals surface area (Å²) in [4.78, 5) is 0. The molecule has 1 heterocycles. The molecule has 1 aliphatic rings. The van der Waals surface area contributed by atoms with Crippen molar-refractivity contribution in [2.45, 2.75) is 12.5 Å². The molecule has 0 saturated heterocycles. The van der Waals surface area contributed by atoms with E-state index < -0.39 is 18.4 Å². The highest BCUT2D eigenvalue weighted by atomic mass is 19.3. The maximum Gasteiger partial charge on any atom is 0.245 e. The van der Waals surface area contributed by atoms with E-state index in [0.717, 1.165) is 0 Å². The highest BCUT2D eigenvalue weighted by molar-refractivity contribution is 4.99. The van der Waals surface area contributed by atoms with Gasteiger partial charge >= 0.3 is 0 Å². The Balaban J connectivity index is 2.47. The first-order valence-corrected chi connectivity index (χ1v) is 3.52. The maximum absolute atomic E-state index is 12.2. The van der Waals surface area contributed by atoms with Crippen LogP contribution in [0.15, 0.2) is 12.2 Å². The topological polar surface area (TPSA) is 35.2 Å². The number of hydrogen-bond acceptors (Lipinski definition) is 2. The van der Waals surface area contributed by atoms with Crippen LogP contribution in [-0.2, 0) is 4.74 Å². The summed E-state index contributed by atoms with van der Waals surface area (Å²) in [7, 11) is 0. The van der Waals surface area contributed by atoms with Crippen molar-refractivity contribution in [3.05, 3.63) is 12.2 Å². The molecule has 0 radical (unpaired) electrons. The standard InChI is InChI=1S/C7H11F2NO/c8-7(9)5(4-10)6-2-1-3-11-6/h1-2,5-7H,3-4,10H2/t5?,6-/m0/s1. The van der Waals surface area contributed by atoms with Gasteiger partial charge in [0, 0.05) is 6.54 Å². The van der Waals surface area contributed by atoms with Crippen LogP contribution >= 0.6 is 0 Å². The molecule has 2 nitrogen and oxygen atoms in total. The van der Waals surface area contributed by atoms with Gasteiger partial charge in [0.25, 0.3) is 0 Å². The fourth-order valence-electron chi connectivity index (χ4n) is 1.06. The van der Waals surface area contributed by atoms with Crippen LogP contribution in [0, 0.1) is 5.92 Å². The molecule has 1 aliphatic heterocycles. The smallest absolute Gasteiger partial charge is 0.245 e. The molecule has 0 spiro atoms. The van der Waals surface area contributed by atoms with Gasteiger partial charge in [-0.05, 0) is 0 Å². The first kappa shape index (κ1) is 8.62. The van der Waals surface area contributed by atoms with E-state index in [-0.39, 0.29) is 6.54 Å². The molecule has 2 atom stereocenters. The zero-order valence-corrected chi connectivity index (χ0v) is 6.04. The van der Waals surface area contributed by atoms with Crippen molar-refractivity contribution in [1.29, 1.82) is 0 Å². The van der Waals surface area contributed by atoms with Gasteiger partial charge in [0.1, 0.15) is 0 Å². The molecule has 2 N–H and O–H groups in total. The van der Waals surface area contributed by atoms with E-state index >= 15 is 0 Å². The van der Waals surface area contributed by atoms with E-state index in [4.69, 9.17) is 10.5 Å². The second kappa shape index (κ2) is 3.78. The van der Waals surface area contributed by atoms with Gasteiger partial charge in [-0.15, -0.1) is 0 Å². The van der Waals surface area contributed by atoms with Crippen molar-refractivity contribution in [3.63, 3.8) is 0 Å². The summed E-state index contributed by atoms with van der Waals surface area (Å²) in [5, 5.41) is 0. The molecule has 0 aromatic rings. The molecular formula is C7H11F2NO. The van der Waals surface area contributed by atoms with Gasteiger partial charge in [-0.25, -0.2) is 8.78 Å². The summed E-state index contributed by atoms with van der Waals surface area (Å²) in [5.41, 5.74) is 5.16. The van der Waals surface area contributed by atoms with Gasteiger partial charge in [-0.3, -0.25) is 0 Å². The summed E-state index contributed by atoms with van der Waals surface area (Å²) in [6, 6.07) is 0. The van der Waals surface area contributed by atoms with Crippen LogP contribution < -0.4 is 5.73 Å². The third kappa shape index (κ3) is 1.97. The first-order valence-electron chi connectivity index (χ1n) is 3.52. The Kier molecular flexibility index (Phi) is 2.96. The SMILES string of the molecule is NCC(C(F)F)[C@@H]1C=CCO1. The third-order valence-corrected chi connectivity index (χ3v) is 1.73. The minimum Gasteiger partial charge on any atom is -0.370 e. The molecule has 1 unspecified atom stereocenters. The molecule has 0 amide bonds. The highest BCUT2D eigenvalue weighted by Crippen LogP contribution is 2.19. The van der Waals surface area contributed by atoms with Gasteiger partial charge in [0.2, 0.25) is 6.43 Å². The Hall–Kier alpha value is -0.480. The molecule has 0 saturated carbocycles. The quantitative estimate of drug-likeness (QED) is 0.624. The average molecular weight is 163 g/mol. The Labute approximate surface area is 64.0 Å². The van der Waals surface area contributed by atoms with E-state index in [1.54, 1.807) is 12.2 Å². The molecule has 0 aliphatic carbocycles. The number of nitrogens with two attached hydrogens (primary N) is 1. The van der Waals surface area contributed by atoms with Crippen molar-refractivity contribution >= 4 is 0 Å². The predicted octanol–water partition coefficient (Wildman–Crippen LogP) is 0.781. The van der Waals surface area contributed by atoms with Crippen LogP contribution in [0.3, 0.4) is 0 Å². The van der Waals surface area contributed by atoms with Gasteiger partial charge in [0.05, 0.1) is 18.6 Å². The monoisotopic (exact) mass is 163 g/mol. The lowest BCUT2D eigenvalue weighted by molar-refractivity contribution is -0.00569. The highest BCUT2D eigenvalue weighted by Gasteiger charge is 2.28. The summed E-state index contributed by atoms with van der Waals surface area (Å²) in [6.45, 7) is 0.389. The first-order chi connectivity index (χ1) is 5.25. The second-order valence-corrected chi connectivity index (χ2v) is 2.46. The molecule has 0 aromatic carbocycles. The molecule has 0 aromatic heterocycles. The van der Waals surface area contributed by atoms with Crippen LogP contribution in [-0.4, -0.2) is 25.7 Å². The fourth-order valence-corrected chi connectivity index (χ4v) is 1.06. The summed E-state index contributed by atoms with van der Waals surface area (Å²) >= 11 is 0. The number of ether oxygens (including phenoxy) is 1. The van der Waals surface area contributed by atoms with Crippen molar-refractivity contribution in [2.75, 3.05) is 13.2 Å². The van der Waals surface area contributed by atoms with E-state index in [9.17, 15) is 8.78 Å². The predicted molar refractivity (Wildman–Crippen MR) is 37.4 cm³/mol. The zero-order chi connectivity index (χ0) is 8.27. The minimum atomic E-state index is -2.40. The van der Waals surface area contributed by atoms with Crippen LogP contribution in [0.5, 0.6) is 0 Å². The van der Waals surface area contributed by atoms with E-state index in [1.807, 2.05) is 0 Å². The largest absolute Gasteiger partial charge is 0.370 e. The molecule has 11 heavy (non-hydrogen) atoms. The molecule has 1 rings (SSSR count). The third-order valence-electron chi connectivity index (χ3n) is 1.73. The second-order valence-electron chi connectivity index (χ2n) is 2.46. The molecule has 0 bridgehead atoms. The van der Waals surface area contributed by atoms with Crippen LogP contribution in [0.2, 0.25) is 0 Å². The summed E-state index contributed by atoms with van der Waals surface area (Å²) < 4.78 is 29.3. The number of rotatable bonds is 3. The lowest BCUT2D eigenvalue weighted by Crippen LogP contribution is -2.32. The molecule has 0 fully saturated rings. The Morgan fingerprint density at radius 3 is 2.73 bits per heavy atom. The van der Waals surface area contributed by atoms with Crippen LogP contribution in [0.4, 0.5) is 8.78 Å². The van der Waals surface area contributed by atoms with Gasteiger partial charge in [0.15, 0.2) is 0 Å². The fraction of sp³-hybridized carbons (Fsp3) is 0.714. The lowest BCUT2D eigenvalue weighted by Gasteiger charge is -2.18. The lowest BCUT2D eigenvalue weighted by atomic mass is 10.0. The molecular weight excluding hydrogens is 152 g/mol. The van der Waals surface area contributed by atoms with Crippen molar-refractivity contribution in [2.24, 2.45) is 11.7 Å². The van der Waals surface area contributed by atoms with Gasteiger partial charge < -0.3 is 10.5 Å². The Morgan fingerprint density at radius 1 is 1.64 bits per heavy atom. The van der Waals surface area contributed by atoms with Gasteiger partial charge in [-0.2, -0.15) is 0 Å². The zero-order valence-electron chi connectivity index (χ0n) is 6.04. The Morgan fingerprint density at radius 2 is 2.36 bits per heavy atom. The minimum absolute atomic E-state index is 0.0350. The van der Waals surface area contributed by atoms with Crippen molar-refractivity contribution < 1.29 is 13.5 Å². The van der Waals surface area contributed by atoms with Crippen molar-refractivity contribution in [1.82, 2.24) is 0 Å².